The van der Waals surface area contributed by atoms with Gasteiger partial charge in [-0.3, -0.25) is 0 Å². The Morgan fingerprint density at radius 2 is 1.00 bits per heavy atom. The van der Waals surface area contributed by atoms with Crippen molar-refractivity contribution in [1.29, 1.82) is 0 Å². The van der Waals surface area contributed by atoms with Crippen molar-refractivity contribution in [1.82, 2.24) is 4.98 Å². The van der Waals surface area contributed by atoms with E-state index in [0.717, 1.165) is 71.2 Å². The Kier molecular flexibility index (Phi) is 4.84. The molecule has 5 heteroatoms. The summed E-state index contributed by atoms with van der Waals surface area (Å²) in [7, 11) is 0. The van der Waals surface area contributed by atoms with Crippen molar-refractivity contribution in [2.75, 3.05) is 4.90 Å². The Hall–Kier alpha value is -5.65. The molecule has 206 valence electrons. The first kappa shape index (κ1) is 23.9. The monoisotopic (exact) mass is 582 g/mol. The van der Waals surface area contributed by atoms with Crippen molar-refractivity contribution in [3.63, 3.8) is 0 Å². The molecule has 4 heterocycles. The summed E-state index contributed by atoms with van der Waals surface area (Å²) in [6.07, 6.45) is 1.99. The molecule has 0 bridgehead atoms. The molecule has 0 amide bonds. The zero-order valence-corrected chi connectivity index (χ0v) is 24.1. The maximum absolute atomic E-state index is 6.18. The van der Waals surface area contributed by atoms with Crippen LogP contribution in [0.25, 0.3) is 75.0 Å². The molecule has 10 rings (SSSR count). The highest BCUT2D eigenvalue weighted by molar-refractivity contribution is 7.25. The number of para-hydroxylation sites is 2. The predicted octanol–water partition coefficient (Wildman–Crippen LogP) is 11.9. The van der Waals surface area contributed by atoms with Gasteiger partial charge in [-0.05, 0) is 77.5 Å². The first-order valence-corrected chi connectivity index (χ1v) is 15.4. The van der Waals surface area contributed by atoms with Gasteiger partial charge in [-0.2, -0.15) is 0 Å². The van der Waals surface area contributed by atoms with E-state index in [1.807, 2.05) is 30.5 Å². The Labute approximate surface area is 255 Å². The number of hydrogen-bond acceptors (Lipinski definition) is 5. The van der Waals surface area contributed by atoms with Crippen LogP contribution < -0.4 is 4.90 Å². The van der Waals surface area contributed by atoms with Gasteiger partial charge in [-0.1, -0.05) is 60.7 Å². The highest BCUT2D eigenvalue weighted by Gasteiger charge is 2.19. The Bertz CT molecular complexity index is 2640. The van der Waals surface area contributed by atoms with Crippen LogP contribution in [0.1, 0.15) is 0 Å². The van der Waals surface area contributed by atoms with E-state index in [2.05, 4.69) is 108 Å². The number of pyridine rings is 1. The van der Waals surface area contributed by atoms with Gasteiger partial charge in [0.15, 0.2) is 0 Å². The molecular weight excluding hydrogens is 561 g/mol. The van der Waals surface area contributed by atoms with Crippen molar-refractivity contribution in [2.24, 2.45) is 0 Å². The minimum atomic E-state index is 0.871. The number of nitrogens with zero attached hydrogens (tertiary/aromatic N) is 2. The number of aromatic nitrogens is 1. The predicted molar refractivity (Wildman–Crippen MR) is 184 cm³/mol. The van der Waals surface area contributed by atoms with Gasteiger partial charge in [-0.15, -0.1) is 11.3 Å². The normalized spacial score (nSPS) is 12.1. The van der Waals surface area contributed by atoms with E-state index in [1.54, 1.807) is 11.3 Å². The van der Waals surface area contributed by atoms with Gasteiger partial charge in [0, 0.05) is 48.4 Å². The molecule has 0 N–H and O–H groups in total. The quantitative estimate of drug-likeness (QED) is 0.208. The van der Waals surface area contributed by atoms with Crippen molar-refractivity contribution < 1.29 is 8.83 Å². The number of fused-ring (bicyclic) bond motifs is 10. The second-order valence-corrected chi connectivity index (χ2v) is 12.3. The van der Waals surface area contributed by atoms with Crippen molar-refractivity contribution in [2.45, 2.75) is 0 Å². The van der Waals surface area contributed by atoms with E-state index < -0.39 is 0 Å². The third kappa shape index (κ3) is 3.47. The second kappa shape index (κ2) is 8.93. The summed E-state index contributed by atoms with van der Waals surface area (Å²) in [5, 5.41) is 9.23. The van der Waals surface area contributed by atoms with E-state index in [4.69, 9.17) is 13.8 Å². The van der Waals surface area contributed by atoms with E-state index in [1.165, 1.54) is 20.9 Å². The summed E-state index contributed by atoms with van der Waals surface area (Å²) < 4.78 is 13.6. The fourth-order valence-corrected chi connectivity index (χ4v) is 7.67. The van der Waals surface area contributed by atoms with Crippen molar-refractivity contribution in [3.05, 3.63) is 134 Å². The molecule has 0 aliphatic heterocycles. The third-order valence-electron chi connectivity index (χ3n) is 8.68. The zero-order valence-electron chi connectivity index (χ0n) is 23.3. The molecule has 10 aromatic rings. The van der Waals surface area contributed by atoms with Gasteiger partial charge in [0.1, 0.15) is 27.2 Å². The summed E-state index contributed by atoms with van der Waals surface area (Å²) in [5.41, 5.74) is 6.57. The average molecular weight is 583 g/mol. The van der Waals surface area contributed by atoms with Crippen molar-refractivity contribution >= 4 is 103 Å². The molecule has 0 fully saturated rings. The number of benzene rings is 6. The summed E-state index contributed by atoms with van der Waals surface area (Å²) in [4.78, 5) is 8.35. The first-order valence-electron chi connectivity index (χ1n) is 14.6. The van der Waals surface area contributed by atoms with Gasteiger partial charge in [0.05, 0.1) is 11.9 Å². The van der Waals surface area contributed by atoms with Gasteiger partial charge < -0.3 is 13.7 Å². The topological polar surface area (TPSA) is 42.4 Å². The molecule has 0 saturated carbocycles. The highest BCUT2D eigenvalue weighted by Crippen LogP contribution is 2.43. The van der Waals surface area contributed by atoms with Crippen LogP contribution in [0.3, 0.4) is 0 Å². The molecule has 0 saturated heterocycles. The van der Waals surface area contributed by atoms with Crippen LogP contribution in [0.5, 0.6) is 0 Å². The molecule has 4 nitrogen and oxygen atoms in total. The lowest BCUT2D eigenvalue weighted by atomic mass is 10.1. The molecular formula is C39H22N2O2S. The van der Waals surface area contributed by atoms with Crippen LogP contribution in [0.15, 0.2) is 142 Å². The second-order valence-electron chi connectivity index (χ2n) is 11.2. The van der Waals surface area contributed by atoms with Gasteiger partial charge in [-0.25, -0.2) is 4.98 Å². The van der Waals surface area contributed by atoms with Crippen LogP contribution in [0.2, 0.25) is 0 Å². The van der Waals surface area contributed by atoms with E-state index >= 15 is 0 Å². The minimum Gasteiger partial charge on any atom is -0.456 e. The van der Waals surface area contributed by atoms with Crippen LogP contribution in [0.4, 0.5) is 17.1 Å². The average Bonchev–Trinajstić information content (AvgIpc) is 3.74. The first-order chi connectivity index (χ1) is 21.8. The fraction of sp³-hybridized carbons (Fsp3) is 0. The van der Waals surface area contributed by atoms with E-state index in [0.29, 0.717) is 0 Å². The number of hydrogen-bond donors (Lipinski definition) is 0. The molecule has 6 aromatic carbocycles. The molecule has 0 unspecified atom stereocenters. The smallest absolute Gasteiger partial charge is 0.135 e. The maximum atomic E-state index is 6.18. The summed E-state index contributed by atoms with van der Waals surface area (Å²) in [6, 6.07) is 44.7. The van der Waals surface area contributed by atoms with E-state index in [9.17, 15) is 0 Å². The molecule has 0 atom stereocenters. The minimum absolute atomic E-state index is 0.871. The zero-order chi connectivity index (χ0) is 28.8. The number of anilines is 3. The van der Waals surface area contributed by atoms with Crippen LogP contribution in [-0.2, 0) is 0 Å². The molecule has 44 heavy (non-hydrogen) atoms. The van der Waals surface area contributed by atoms with E-state index in [-0.39, 0.29) is 0 Å². The highest BCUT2D eigenvalue weighted by atomic mass is 32.1. The molecule has 0 aliphatic carbocycles. The molecule has 0 radical (unpaired) electrons. The number of thiophene rings is 1. The van der Waals surface area contributed by atoms with Crippen LogP contribution in [0, 0.1) is 0 Å². The fourth-order valence-electron chi connectivity index (χ4n) is 6.61. The van der Waals surface area contributed by atoms with Crippen molar-refractivity contribution in [3.8, 4) is 0 Å². The van der Waals surface area contributed by atoms with Crippen LogP contribution in [-0.4, -0.2) is 4.98 Å². The Morgan fingerprint density at radius 3 is 1.66 bits per heavy atom. The summed E-state index contributed by atoms with van der Waals surface area (Å²) in [5.74, 6) is 0. The summed E-state index contributed by atoms with van der Waals surface area (Å²) in [6.45, 7) is 0. The number of furan rings is 2. The molecule has 4 aromatic heterocycles. The Balaban J connectivity index is 1.24. The molecule has 0 aliphatic rings. The standard InChI is InChI=1S/C39H22N2O2S/c1-2-8-24-18-38-32(17-23(24)7-1)33-21-27(22-40-39(33)44-38)41(25-13-15-36-30(19-25)28-9-3-5-11-34(28)42-36)26-14-16-37-31(20-26)29-10-4-6-12-35(29)43-37/h1-22H. The Morgan fingerprint density at radius 1 is 0.455 bits per heavy atom. The lowest BCUT2D eigenvalue weighted by molar-refractivity contribution is 0.668. The summed E-state index contributed by atoms with van der Waals surface area (Å²) >= 11 is 1.74. The maximum Gasteiger partial charge on any atom is 0.135 e. The largest absolute Gasteiger partial charge is 0.456 e. The SMILES string of the molecule is c1ccc2cc3c(cc2c1)sc1ncc(N(c2ccc4oc5ccccc5c4c2)c2ccc4oc5ccccc5c4c2)cc13. The van der Waals surface area contributed by atoms with Crippen LogP contribution >= 0.6 is 11.3 Å². The van der Waals surface area contributed by atoms with Gasteiger partial charge in [0.2, 0.25) is 0 Å². The van der Waals surface area contributed by atoms with Gasteiger partial charge >= 0.3 is 0 Å². The number of rotatable bonds is 3. The van der Waals surface area contributed by atoms with Gasteiger partial charge in [0.25, 0.3) is 0 Å². The molecule has 0 spiro atoms. The lowest BCUT2D eigenvalue weighted by Gasteiger charge is -2.25. The third-order valence-corrected chi connectivity index (χ3v) is 9.75. The lowest BCUT2D eigenvalue weighted by Crippen LogP contribution is -2.10.